The molecule has 114 valence electrons. The fraction of sp³-hybridized carbons (Fsp3) is 0.176. The van der Waals surface area contributed by atoms with Gasteiger partial charge in [0.1, 0.15) is 11.6 Å². The van der Waals surface area contributed by atoms with E-state index < -0.39 is 11.7 Å². The summed E-state index contributed by atoms with van der Waals surface area (Å²) in [6.07, 6.45) is 0. The molecular weight excluding hydrogens is 283 g/mol. The zero-order valence-electron chi connectivity index (χ0n) is 12.5. The number of hydrogen-bond acceptors (Lipinski definition) is 3. The van der Waals surface area contributed by atoms with Crippen LogP contribution >= 0.6 is 0 Å². The predicted molar refractivity (Wildman–Crippen MR) is 83.7 cm³/mol. The van der Waals surface area contributed by atoms with E-state index in [1.165, 1.54) is 18.2 Å². The van der Waals surface area contributed by atoms with Crippen molar-refractivity contribution in [3.63, 3.8) is 0 Å². The molecule has 1 amide bonds. The van der Waals surface area contributed by atoms with Gasteiger partial charge in [-0.3, -0.25) is 4.79 Å². The van der Waals surface area contributed by atoms with Gasteiger partial charge in [-0.25, -0.2) is 9.82 Å². The highest BCUT2D eigenvalue weighted by Gasteiger charge is 2.09. The topological polar surface area (TPSA) is 50.7 Å². The molecule has 2 aromatic carbocycles. The van der Waals surface area contributed by atoms with Crippen molar-refractivity contribution in [2.75, 3.05) is 6.61 Å². The minimum Gasteiger partial charge on any atom is -0.494 e. The summed E-state index contributed by atoms with van der Waals surface area (Å²) in [4.78, 5) is 11.9. The summed E-state index contributed by atoms with van der Waals surface area (Å²) in [5.74, 6) is -0.383. The Morgan fingerprint density at radius 1 is 1.18 bits per heavy atom. The Morgan fingerprint density at radius 2 is 1.86 bits per heavy atom. The van der Waals surface area contributed by atoms with Crippen molar-refractivity contribution >= 4 is 11.6 Å². The zero-order valence-corrected chi connectivity index (χ0v) is 12.5. The SMILES string of the molecule is CCOc1ccc(C(C)=NNC(=O)c2ccccc2F)cc1. The number of halogens is 1. The third kappa shape index (κ3) is 3.91. The van der Waals surface area contributed by atoms with E-state index in [0.717, 1.165) is 11.3 Å². The molecule has 0 atom stereocenters. The van der Waals surface area contributed by atoms with Crippen LogP contribution in [0.5, 0.6) is 5.75 Å². The molecule has 0 saturated heterocycles. The lowest BCUT2D eigenvalue weighted by Crippen LogP contribution is -2.20. The maximum absolute atomic E-state index is 13.5. The van der Waals surface area contributed by atoms with Crippen molar-refractivity contribution in [1.29, 1.82) is 0 Å². The van der Waals surface area contributed by atoms with Crippen LogP contribution in [0.3, 0.4) is 0 Å². The van der Waals surface area contributed by atoms with Gasteiger partial charge in [0, 0.05) is 0 Å². The maximum Gasteiger partial charge on any atom is 0.274 e. The molecule has 2 aromatic rings. The fourth-order valence-corrected chi connectivity index (χ4v) is 1.86. The maximum atomic E-state index is 13.5. The molecule has 0 aromatic heterocycles. The summed E-state index contributed by atoms with van der Waals surface area (Å²) < 4.78 is 18.8. The van der Waals surface area contributed by atoms with Crippen molar-refractivity contribution in [2.24, 2.45) is 5.10 Å². The van der Waals surface area contributed by atoms with Gasteiger partial charge in [0.2, 0.25) is 0 Å². The van der Waals surface area contributed by atoms with E-state index in [1.807, 2.05) is 31.2 Å². The summed E-state index contributed by atoms with van der Waals surface area (Å²) >= 11 is 0. The Hall–Kier alpha value is -2.69. The number of amides is 1. The Kier molecular flexibility index (Phi) is 5.25. The van der Waals surface area contributed by atoms with Crippen LogP contribution in [0.1, 0.15) is 29.8 Å². The van der Waals surface area contributed by atoms with Gasteiger partial charge in [0.15, 0.2) is 0 Å². The van der Waals surface area contributed by atoms with Crippen molar-refractivity contribution in [1.82, 2.24) is 5.43 Å². The summed E-state index contributed by atoms with van der Waals surface area (Å²) in [6, 6.07) is 13.1. The van der Waals surface area contributed by atoms with Gasteiger partial charge in [0.25, 0.3) is 5.91 Å². The highest BCUT2D eigenvalue weighted by Crippen LogP contribution is 2.12. The summed E-state index contributed by atoms with van der Waals surface area (Å²) in [7, 11) is 0. The number of hydrogen-bond donors (Lipinski definition) is 1. The van der Waals surface area contributed by atoms with E-state index in [0.29, 0.717) is 12.3 Å². The number of ether oxygens (including phenoxy) is 1. The monoisotopic (exact) mass is 300 g/mol. The number of carbonyl (C=O) groups is 1. The van der Waals surface area contributed by atoms with Crippen LogP contribution in [0.4, 0.5) is 4.39 Å². The summed E-state index contributed by atoms with van der Waals surface area (Å²) in [6.45, 7) is 4.28. The first-order chi connectivity index (χ1) is 10.6. The minimum atomic E-state index is -0.580. The highest BCUT2D eigenvalue weighted by molar-refractivity contribution is 6.00. The number of rotatable bonds is 5. The Bertz CT molecular complexity index is 681. The van der Waals surface area contributed by atoms with Crippen LogP contribution in [0, 0.1) is 5.82 Å². The second-order valence-electron chi connectivity index (χ2n) is 4.58. The lowest BCUT2D eigenvalue weighted by Gasteiger charge is -2.06. The number of hydrazone groups is 1. The molecule has 0 heterocycles. The molecule has 0 aliphatic rings. The molecule has 0 spiro atoms. The van der Waals surface area contributed by atoms with Crippen molar-refractivity contribution in [2.45, 2.75) is 13.8 Å². The molecule has 2 rings (SSSR count). The molecule has 0 unspecified atom stereocenters. The van der Waals surface area contributed by atoms with Crippen LogP contribution in [-0.2, 0) is 0 Å². The quantitative estimate of drug-likeness (QED) is 0.680. The second kappa shape index (κ2) is 7.36. The van der Waals surface area contributed by atoms with Gasteiger partial charge in [-0.05, 0) is 55.8 Å². The third-order valence-electron chi connectivity index (χ3n) is 3.03. The molecule has 0 aliphatic carbocycles. The van der Waals surface area contributed by atoms with Gasteiger partial charge in [-0.1, -0.05) is 12.1 Å². The van der Waals surface area contributed by atoms with Crippen molar-refractivity contribution < 1.29 is 13.9 Å². The average molecular weight is 300 g/mol. The van der Waals surface area contributed by atoms with Crippen LogP contribution < -0.4 is 10.2 Å². The molecule has 22 heavy (non-hydrogen) atoms. The van der Waals surface area contributed by atoms with Crippen LogP contribution in [0.15, 0.2) is 53.6 Å². The lowest BCUT2D eigenvalue weighted by atomic mass is 10.1. The number of benzene rings is 2. The van der Waals surface area contributed by atoms with Crippen LogP contribution in [0.25, 0.3) is 0 Å². The standard InChI is InChI=1S/C17H17FN2O2/c1-3-22-14-10-8-13(9-11-14)12(2)19-20-17(21)15-6-4-5-7-16(15)18/h4-11H,3H2,1-2H3,(H,20,21). The average Bonchev–Trinajstić information content (AvgIpc) is 2.54. The van der Waals surface area contributed by atoms with E-state index in [9.17, 15) is 9.18 Å². The molecule has 0 fully saturated rings. The highest BCUT2D eigenvalue weighted by atomic mass is 19.1. The Balaban J connectivity index is 2.06. The van der Waals surface area contributed by atoms with E-state index in [-0.39, 0.29) is 5.56 Å². The molecule has 0 aliphatic heterocycles. The van der Waals surface area contributed by atoms with E-state index in [1.54, 1.807) is 13.0 Å². The minimum absolute atomic E-state index is 0.0363. The predicted octanol–water partition coefficient (Wildman–Crippen LogP) is 3.38. The lowest BCUT2D eigenvalue weighted by molar-refractivity contribution is 0.0951. The summed E-state index contributed by atoms with van der Waals surface area (Å²) in [5.41, 5.74) is 3.78. The third-order valence-corrected chi connectivity index (χ3v) is 3.03. The summed E-state index contributed by atoms with van der Waals surface area (Å²) in [5, 5.41) is 4.00. The van der Waals surface area contributed by atoms with Gasteiger partial charge in [-0.15, -0.1) is 0 Å². The Labute approximate surface area is 128 Å². The Morgan fingerprint density at radius 3 is 2.50 bits per heavy atom. The molecule has 5 heteroatoms. The number of nitrogens with zero attached hydrogens (tertiary/aromatic N) is 1. The van der Waals surface area contributed by atoms with Gasteiger partial charge < -0.3 is 4.74 Å². The van der Waals surface area contributed by atoms with Gasteiger partial charge in [0.05, 0.1) is 17.9 Å². The molecular formula is C17H17FN2O2. The van der Waals surface area contributed by atoms with E-state index in [2.05, 4.69) is 10.5 Å². The normalized spacial score (nSPS) is 11.1. The first-order valence-electron chi connectivity index (χ1n) is 6.94. The fourth-order valence-electron chi connectivity index (χ4n) is 1.86. The van der Waals surface area contributed by atoms with Crippen LogP contribution in [0.2, 0.25) is 0 Å². The number of nitrogens with one attached hydrogen (secondary N) is 1. The molecule has 0 saturated carbocycles. The van der Waals surface area contributed by atoms with Crippen molar-refractivity contribution in [3.05, 3.63) is 65.5 Å². The largest absolute Gasteiger partial charge is 0.494 e. The van der Waals surface area contributed by atoms with E-state index >= 15 is 0 Å². The zero-order chi connectivity index (χ0) is 15.9. The smallest absolute Gasteiger partial charge is 0.274 e. The first-order valence-corrected chi connectivity index (χ1v) is 6.94. The second-order valence-corrected chi connectivity index (χ2v) is 4.58. The molecule has 4 nitrogen and oxygen atoms in total. The van der Waals surface area contributed by atoms with E-state index in [4.69, 9.17) is 4.74 Å². The number of carbonyl (C=O) groups excluding carboxylic acids is 1. The molecule has 0 radical (unpaired) electrons. The van der Waals surface area contributed by atoms with Gasteiger partial charge >= 0.3 is 0 Å². The molecule has 0 bridgehead atoms. The van der Waals surface area contributed by atoms with Crippen molar-refractivity contribution in [3.8, 4) is 5.75 Å². The van der Waals surface area contributed by atoms with Crippen LogP contribution in [-0.4, -0.2) is 18.2 Å². The first kappa shape index (κ1) is 15.7. The molecule has 1 N–H and O–H groups in total. The van der Waals surface area contributed by atoms with Gasteiger partial charge in [-0.2, -0.15) is 5.10 Å².